The van der Waals surface area contributed by atoms with E-state index in [4.69, 9.17) is 4.74 Å². The highest BCUT2D eigenvalue weighted by molar-refractivity contribution is 5.78. The number of anilines is 1. The van der Waals surface area contributed by atoms with E-state index in [0.29, 0.717) is 37.6 Å². The molecule has 1 fully saturated rings. The van der Waals surface area contributed by atoms with Crippen LogP contribution in [0.3, 0.4) is 0 Å². The number of ether oxygens (including phenoxy) is 1. The summed E-state index contributed by atoms with van der Waals surface area (Å²) in [4.78, 5) is 36.7. The summed E-state index contributed by atoms with van der Waals surface area (Å²) in [6.45, 7) is 1.63. The molecule has 2 aromatic rings. The molecule has 0 N–H and O–H groups in total. The molecule has 10 heteroatoms. The molecule has 0 radical (unpaired) electrons. The van der Waals surface area contributed by atoms with Crippen LogP contribution in [0.15, 0.2) is 48.5 Å². The molecule has 146 valence electrons. The van der Waals surface area contributed by atoms with Gasteiger partial charge in [0.1, 0.15) is 11.4 Å². The summed E-state index contributed by atoms with van der Waals surface area (Å²) < 4.78 is 5.40. The molecule has 0 bridgehead atoms. The van der Waals surface area contributed by atoms with E-state index in [-0.39, 0.29) is 23.9 Å². The lowest BCUT2D eigenvalue weighted by atomic mass is 10.2. The number of carbonyl (C=O) groups is 1. The molecule has 0 saturated carbocycles. The third-order valence-corrected chi connectivity index (χ3v) is 4.46. The van der Waals surface area contributed by atoms with E-state index in [1.165, 1.54) is 30.3 Å². The number of piperazine rings is 1. The van der Waals surface area contributed by atoms with Gasteiger partial charge in [-0.15, -0.1) is 0 Å². The summed E-state index contributed by atoms with van der Waals surface area (Å²) >= 11 is 0. The Labute approximate surface area is 160 Å². The average molecular weight is 386 g/mol. The molecule has 1 amide bonds. The maximum atomic E-state index is 12.3. The van der Waals surface area contributed by atoms with Crippen LogP contribution in [0, 0.1) is 20.2 Å². The molecule has 0 spiro atoms. The van der Waals surface area contributed by atoms with Crippen molar-refractivity contribution in [3.8, 4) is 5.75 Å². The zero-order chi connectivity index (χ0) is 20.1. The monoisotopic (exact) mass is 386 g/mol. The van der Waals surface area contributed by atoms with Gasteiger partial charge in [0.25, 0.3) is 17.3 Å². The van der Waals surface area contributed by atoms with Crippen LogP contribution >= 0.6 is 0 Å². The standard InChI is InChI=1S/C18H18N4O6/c23-18(13-28-15-7-5-14(6-8-15)21(24)25)20-11-9-19(10-12-20)16-3-1-2-4-17(16)22(26)27/h1-8H,9-13H2. The minimum atomic E-state index is -0.508. The quantitative estimate of drug-likeness (QED) is 0.551. The fourth-order valence-corrected chi connectivity index (χ4v) is 2.98. The normalized spacial score (nSPS) is 13.9. The van der Waals surface area contributed by atoms with Crippen molar-refractivity contribution in [1.82, 2.24) is 4.90 Å². The van der Waals surface area contributed by atoms with Crippen LogP contribution in [0.1, 0.15) is 0 Å². The first kappa shape index (κ1) is 19.1. The Kier molecular flexibility index (Phi) is 5.68. The number of non-ortho nitro benzene ring substituents is 1. The van der Waals surface area contributed by atoms with Gasteiger partial charge in [-0.2, -0.15) is 0 Å². The molecule has 1 aliphatic rings. The molecule has 1 aliphatic heterocycles. The third kappa shape index (κ3) is 4.34. The number of nitro benzene ring substituents is 2. The van der Waals surface area contributed by atoms with Gasteiger partial charge in [0.2, 0.25) is 0 Å². The highest BCUT2D eigenvalue weighted by Gasteiger charge is 2.25. The molecule has 10 nitrogen and oxygen atoms in total. The van der Waals surface area contributed by atoms with Crippen LogP contribution in [0.2, 0.25) is 0 Å². The molecule has 0 aromatic heterocycles. The summed E-state index contributed by atoms with van der Waals surface area (Å²) in [5, 5.41) is 21.8. The number of rotatable bonds is 6. The first-order valence-electron chi connectivity index (χ1n) is 8.59. The number of carbonyl (C=O) groups excluding carboxylic acids is 1. The first-order valence-corrected chi connectivity index (χ1v) is 8.59. The SMILES string of the molecule is O=C(COc1ccc([N+](=O)[O-])cc1)N1CCN(c2ccccc2[N+](=O)[O-])CC1. The topological polar surface area (TPSA) is 119 Å². The first-order chi connectivity index (χ1) is 13.5. The lowest BCUT2D eigenvalue weighted by Gasteiger charge is -2.35. The van der Waals surface area contributed by atoms with Crippen molar-refractivity contribution in [2.75, 3.05) is 37.7 Å². The molecular formula is C18H18N4O6. The minimum absolute atomic E-state index is 0.0452. The zero-order valence-electron chi connectivity index (χ0n) is 14.9. The molecule has 28 heavy (non-hydrogen) atoms. The fraction of sp³-hybridized carbons (Fsp3) is 0.278. The number of nitro groups is 2. The van der Waals surface area contributed by atoms with Crippen molar-refractivity contribution < 1.29 is 19.4 Å². The Morgan fingerprint density at radius 2 is 1.57 bits per heavy atom. The van der Waals surface area contributed by atoms with Crippen LogP contribution in [0.4, 0.5) is 17.1 Å². The number of nitrogens with zero attached hydrogens (tertiary/aromatic N) is 4. The number of hydrogen-bond acceptors (Lipinski definition) is 7. The number of amides is 1. The Hall–Kier alpha value is -3.69. The molecule has 0 atom stereocenters. The highest BCUT2D eigenvalue weighted by atomic mass is 16.6. The van der Waals surface area contributed by atoms with E-state index in [0.717, 1.165) is 0 Å². The van der Waals surface area contributed by atoms with E-state index in [9.17, 15) is 25.0 Å². The Morgan fingerprint density at radius 1 is 0.929 bits per heavy atom. The van der Waals surface area contributed by atoms with Crippen LogP contribution in [0.25, 0.3) is 0 Å². The van der Waals surface area contributed by atoms with Crippen molar-refractivity contribution in [2.24, 2.45) is 0 Å². The molecular weight excluding hydrogens is 368 g/mol. The smallest absolute Gasteiger partial charge is 0.292 e. The van der Waals surface area contributed by atoms with E-state index >= 15 is 0 Å². The van der Waals surface area contributed by atoms with Gasteiger partial charge in [-0.05, 0) is 18.2 Å². The zero-order valence-corrected chi connectivity index (χ0v) is 14.9. The lowest BCUT2D eigenvalue weighted by molar-refractivity contribution is -0.384. The summed E-state index contributed by atoms with van der Waals surface area (Å²) in [5.41, 5.74) is 0.537. The maximum absolute atomic E-state index is 12.3. The lowest BCUT2D eigenvalue weighted by Crippen LogP contribution is -2.50. The summed E-state index contributed by atoms with van der Waals surface area (Å²) in [7, 11) is 0. The van der Waals surface area contributed by atoms with Gasteiger partial charge >= 0.3 is 0 Å². The maximum Gasteiger partial charge on any atom is 0.292 e. The van der Waals surface area contributed by atoms with Gasteiger partial charge in [0.05, 0.1) is 9.85 Å². The predicted molar refractivity (Wildman–Crippen MR) is 100 cm³/mol. The van der Waals surface area contributed by atoms with E-state index in [2.05, 4.69) is 0 Å². The number of benzene rings is 2. The van der Waals surface area contributed by atoms with Gasteiger partial charge in [-0.25, -0.2) is 0 Å². The summed E-state index contributed by atoms with van der Waals surface area (Å²) in [6.07, 6.45) is 0. The Balaban J connectivity index is 1.53. The van der Waals surface area contributed by atoms with Crippen LogP contribution in [0.5, 0.6) is 5.75 Å². The van der Waals surface area contributed by atoms with Crippen LogP contribution in [-0.2, 0) is 4.79 Å². The summed E-state index contributed by atoms with van der Waals surface area (Å²) in [6, 6.07) is 12.0. The third-order valence-electron chi connectivity index (χ3n) is 4.46. The molecule has 0 unspecified atom stereocenters. The molecule has 3 rings (SSSR count). The average Bonchev–Trinajstić information content (AvgIpc) is 2.72. The van der Waals surface area contributed by atoms with Gasteiger partial charge in [-0.3, -0.25) is 25.0 Å². The van der Waals surface area contributed by atoms with Crippen molar-refractivity contribution in [3.63, 3.8) is 0 Å². The largest absolute Gasteiger partial charge is 0.484 e. The van der Waals surface area contributed by atoms with Crippen LogP contribution < -0.4 is 9.64 Å². The second-order valence-electron chi connectivity index (χ2n) is 6.15. The minimum Gasteiger partial charge on any atom is -0.484 e. The number of hydrogen-bond donors (Lipinski definition) is 0. The molecule has 2 aromatic carbocycles. The van der Waals surface area contributed by atoms with Gasteiger partial charge in [0, 0.05) is 44.4 Å². The Bertz CT molecular complexity index is 878. The second-order valence-corrected chi connectivity index (χ2v) is 6.15. The fourth-order valence-electron chi connectivity index (χ4n) is 2.98. The van der Waals surface area contributed by atoms with Gasteiger partial charge < -0.3 is 14.5 Å². The number of para-hydroxylation sites is 2. The van der Waals surface area contributed by atoms with Crippen LogP contribution in [-0.4, -0.2) is 53.4 Å². The van der Waals surface area contributed by atoms with Gasteiger partial charge in [0.15, 0.2) is 6.61 Å². The van der Waals surface area contributed by atoms with E-state index in [1.54, 1.807) is 23.1 Å². The van der Waals surface area contributed by atoms with Crippen molar-refractivity contribution in [2.45, 2.75) is 0 Å². The second kappa shape index (κ2) is 8.33. The summed E-state index contributed by atoms with van der Waals surface area (Å²) in [5.74, 6) is 0.165. The van der Waals surface area contributed by atoms with E-state index < -0.39 is 9.85 Å². The Morgan fingerprint density at radius 3 is 2.18 bits per heavy atom. The van der Waals surface area contributed by atoms with Crippen molar-refractivity contribution in [1.29, 1.82) is 0 Å². The predicted octanol–water partition coefficient (Wildman–Crippen LogP) is 2.23. The molecule has 1 saturated heterocycles. The van der Waals surface area contributed by atoms with Crippen molar-refractivity contribution >= 4 is 23.0 Å². The van der Waals surface area contributed by atoms with Gasteiger partial charge in [-0.1, -0.05) is 12.1 Å². The molecule has 0 aliphatic carbocycles. The van der Waals surface area contributed by atoms with E-state index in [1.807, 2.05) is 4.90 Å². The highest BCUT2D eigenvalue weighted by Crippen LogP contribution is 2.28. The van der Waals surface area contributed by atoms with Crippen molar-refractivity contribution in [3.05, 3.63) is 68.8 Å². The molecule has 1 heterocycles.